The first-order valence-electron chi connectivity index (χ1n) is 11.7. The quantitative estimate of drug-likeness (QED) is 0.241. The maximum Gasteiger partial charge on any atom is 0.402 e. The van der Waals surface area contributed by atoms with Crippen molar-refractivity contribution in [1.29, 1.82) is 0 Å². The van der Waals surface area contributed by atoms with Gasteiger partial charge in [-0.1, -0.05) is 43.0 Å². The van der Waals surface area contributed by atoms with E-state index in [1.54, 1.807) is 17.7 Å². The average Bonchev–Trinajstić information content (AvgIpc) is 3.53. The minimum Gasteiger partial charge on any atom is -0.465 e. The molecule has 0 saturated heterocycles. The Balaban J connectivity index is 0.000000623. The fourth-order valence-corrected chi connectivity index (χ4v) is 5.83. The van der Waals surface area contributed by atoms with E-state index in [1.807, 2.05) is 18.2 Å². The molecule has 1 amide bonds. The Morgan fingerprint density at radius 3 is 2.61 bits per heavy atom. The first-order valence-corrected chi connectivity index (χ1v) is 12.9. The molecule has 1 aliphatic carbocycles. The highest BCUT2D eigenvalue weighted by molar-refractivity contribution is 7.13. The van der Waals surface area contributed by atoms with E-state index < -0.39 is 6.09 Å². The minimum atomic E-state index is -1.33. The van der Waals surface area contributed by atoms with Crippen molar-refractivity contribution >= 4 is 56.8 Å². The van der Waals surface area contributed by atoms with Gasteiger partial charge in [0.05, 0.1) is 21.5 Å². The molecule has 0 bridgehead atoms. The van der Waals surface area contributed by atoms with Crippen LogP contribution in [0.15, 0.2) is 54.3 Å². The molecule has 10 heteroatoms. The summed E-state index contributed by atoms with van der Waals surface area (Å²) in [5.41, 5.74) is 15.0. The van der Waals surface area contributed by atoms with Crippen LogP contribution in [0.1, 0.15) is 38.1 Å². The molecule has 5 N–H and O–H groups in total. The summed E-state index contributed by atoms with van der Waals surface area (Å²) in [6.07, 6.45) is 8.49. The zero-order valence-corrected chi connectivity index (χ0v) is 21.0. The molecule has 36 heavy (non-hydrogen) atoms. The highest BCUT2D eigenvalue weighted by Crippen LogP contribution is 2.41. The van der Waals surface area contributed by atoms with Crippen LogP contribution in [0.3, 0.4) is 0 Å². The van der Waals surface area contributed by atoms with Crippen LogP contribution in [0, 0.1) is 0 Å². The van der Waals surface area contributed by atoms with Crippen molar-refractivity contribution in [3.8, 4) is 21.7 Å². The third-order valence-electron chi connectivity index (χ3n) is 6.45. The van der Waals surface area contributed by atoms with E-state index in [9.17, 15) is 0 Å². The lowest BCUT2D eigenvalue weighted by molar-refractivity contribution is 0.205. The molecule has 0 spiro atoms. The van der Waals surface area contributed by atoms with Crippen molar-refractivity contribution in [1.82, 2.24) is 19.5 Å². The second-order valence-electron chi connectivity index (χ2n) is 8.74. The van der Waals surface area contributed by atoms with Gasteiger partial charge in [0.1, 0.15) is 17.8 Å². The first kappa shape index (κ1) is 24.0. The number of amides is 1. The maximum absolute atomic E-state index is 8.78. The number of carbonyl (C=O) groups is 1. The number of carboxylic acid groups (broad SMARTS) is 1. The van der Waals surface area contributed by atoms with E-state index in [1.165, 1.54) is 19.3 Å². The van der Waals surface area contributed by atoms with E-state index in [4.69, 9.17) is 32.2 Å². The van der Waals surface area contributed by atoms with Crippen molar-refractivity contribution < 1.29 is 9.90 Å². The number of pyridine rings is 1. The Bertz CT molecular complexity index is 1540. The number of halogens is 1. The van der Waals surface area contributed by atoms with Crippen molar-refractivity contribution in [3.63, 3.8) is 0 Å². The number of hydrogen-bond acceptors (Lipinski definition) is 6. The summed E-state index contributed by atoms with van der Waals surface area (Å²) in [7, 11) is 0. The molecule has 184 valence electrons. The number of nitrogens with two attached hydrogens (primary N) is 2. The molecule has 0 radical (unpaired) electrons. The number of rotatable bonds is 3. The van der Waals surface area contributed by atoms with Crippen LogP contribution in [-0.2, 0) is 0 Å². The van der Waals surface area contributed by atoms with Gasteiger partial charge in [-0.05, 0) is 42.5 Å². The van der Waals surface area contributed by atoms with Crippen molar-refractivity contribution in [2.24, 2.45) is 5.73 Å². The molecule has 4 heterocycles. The topological polar surface area (TPSA) is 133 Å². The minimum absolute atomic E-state index is 0.428. The highest BCUT2D eigenvalue weighted by Gasteiger charge is 2.23. The molecule has 4 aromatic heterocycles. The Kier molecular flexibility index (Phi) is 6.75. The zero-order chi connectivity index (χ0) is 25.2. The predicted molar refractivity (Wildman–Crippen MR) is 145 cm³/mol. The predicted octanol–water partition coefficient (Wildman–Crippen LogP) is 6.74. The Hall–Kier alpha value is -3.69. The molecule has 6 rings (SSSR count). The smallest absolute Gasteiger partial charge is 0.402 e. The van der Waals surface area contributed by atoms with Gasteiger partial charge >= 0.3 is 6.09 Å². The molecule has 8 nitrogen and oxygen atoms in total. The molecular weight excluding hydrogens is 496 g/mol. The SMILES string of the molecule is NC(=O)O.Nc1ncnc2c1c(-c1cc3nc(-c4cccs4)ccc3cc1Cl)cn2C1CCCCC1. The molecule has 0 aliphatic heterocycles. The number of hydrogen-bond donors (Lipinski definition) is 3. The second kappa shape index (κ2) is 10.1. The summed E-state index contributed by atoms with van der Waals surface area (Å²) < 4.78 is 2.29. The number of nitrogen functional groups attached to an aromatic ring is 1. The van der Waals surface area contributed by atoms with Crippen molar-refractivity contribution in [3.05, 3.63) is 59.3 Å². The van der Waals surface area contributed by atoms with E-state index in [0.717, 1.165) is 56.5 Å². The summed E-state index contributed by atoms with van der Waals surface area (Å²) >= 11 is 8.49. The van der Waals surface area contributed by atoms with E-state index >= 15 is 0 Å². The number of anilines is 1. The molecule has 0 atom stereocenters. The molecule has 0 unspecified atom stereocenters. The second-order valence-corrected chi connectivity index (χ2v) is 10.1. The largest absolute Gasteiger partial charge is 0.465 e. The van der Waals surface area contributed by atoms with Gasteiger partial charge in [-0.2, -0.15) is 0 Å². The van der Waals surface area contributed by atoms with Crippen LogP contribution in [0.25, 0.3) is 43.6 Å². The molecular formula is C26H25ClN6O2S. The lowest BCUT2D eigenvalue weighted by atomic mass is 9.95. The van der Waals surface area contributed by atoms with Gasteiger partial charge in [0, 0.05) is 33.8 Å². The van der Waals surface area contributed by atoms with Crippen LogP contribution in [0.2, 0.25) is 5.02 Å². The maximum atomic E-state index is 8.78. The number of aromatic nitrogens is 4. The molecule has 1 aromatic carbocycles. The molecule has 1 fully saturated rings. The van der Waals surface area contributed by atoms with Gasteiger partial charge in [-0.15, -0.1) is 11.3 Å². The van der Waals surface area contributed by atoms with Gasteiger partial charge in [0.25, 0.3) is 0 Å². The van der Waals surface area contributed by atoms with E-state index in [2.05, 4.69) is 50.0 Å². The number of thiophene rings is 1. The Labute approximate surface area is 216 Å². The third kappa shape index (κ3) is 4.72. The normalized spacial score (nSPS) is 14.0. The van der Waals surface area contributed by atoms with Gasteiger partial charge in [0.2, 0.25) is 0 Å². The highest BCUT2D eigenvalue weighted by atomic mass is 35.5. The summed E-state index contributed by atoms with van der Waals surface area (Å²) in [6.45, 7) is 0. The fraction of sp³-hybridized carbons (Fsp3) is 0.231. The third-order valence-corrected chi connectivity index (χ3v) is 7.65. The number of fused-ring (bicyclic) bond motifs is 2. The van der Waals surface area contributed by atoms with E-state index in [-0.39, 0.29) is 0 Å². The van der Waals surface area contributed by atoms with Crippen LogP contribution in [0.5, 0.6) is 0 Å². The lowest BCUT2D eigenvalue weighted by Gasteiger charge is -2.23. The number of primary amides is 1. The average molecular weight is 521 g/mol. The summed E-state index contributed by atoms with van der Waals surface area (Å²) in [4.78, 5) is 23.8. The number of benzene rings is 1. The zero-order valence-electron chi connectivity index (χ0n) is 19.4. The first-order chi connectivity index (χ1) is 17.4. The molecule has 1 aliphatic rings. The standard InChI is InChI=1S/C25H22ClN5S.CH3NO2/c26-19-11-15-8-9-20(22-7-4-10-32-22)30-21(15)12-17(19)18-13-31(16-5-2-1-3-6-16)25-23(18)24(27)28-14-29-25;2-1(3)4/h4,7-14,16H,1-3,5-6H2,(H2,27,28,29);2H2,(H,3,4). The van der Waals surface area contributed by atoms with E-state index in [0.29, 0.717) is 16.9 Å². The van der Waals surface area contributed by atoms with Gasteiger partial charge in [-0.3, -0.25) is 0 Å². The number of nitrogens with zero attached hydrogens (tertiary/aromatic N) is 4. The van der Waals surface area contributed by atoms with Crippen molar-refractivity contribution in [2.75, 3.05) is 5.73 Å². The van der Waals surface area contributed by atoms with Gasteiger partial charge in [0.15, 0.2) is 0 Å². The summed E-state index contributed by atoms with van der Waals surface area (Å²) in [5.74, 6) is 0.482. The lowest BCUT2D eigenvalue weighted by Crippen LogP contribution is -2.12. The monoisotopic (exact) mass is 520 g/mol. The van der Waals surface area contributed by atoms with Gasteiger partial charge in [-0.25, -0.2) is 19.7 Å². The summed E-state index contributed by atoms with van der Waals surface area (Å²) in [6, 6.07) is 12.7. The fourth-order valence-electron chi connectivity index (χ4n) is 4.86. The molecule has 5 aromatic rings. The van der Waals surface area contributed by atoms with Gasteiger partial charge < -0.3 is 21.1 Å². The van der Waals surface area contributed by atoms with Crippen LogP contribution in [-0.4, -0.2) is 30.7 Å². The molecule has 1 saturated carbocycles. The Morgan fingerprint density at radius 1 is 1.11 bits per heavy atom. The Morgan fingerprint density at radius 2 is 1.89 bits per heavy atom. The van der Waals surface area contributed by atoms with Crippen LogP contribution >= 0.6 is 22.9 Å². The van der Waals surface area contributed by atoms with Crippen LogP contribution in [0.4, 0.5) is 10.6 Å². The van der Waals surface area contributed by atoms with Crippen LogP contribution < -0.4 is 11.5 Å². The van der Waals surface area contributed by atoms with Crippen molar-refractivity contribution in [2.45, 2.75) is 38.1 Å². The summed E-state index contributed by atoms with van der Waals surface area (Å²) in [5, 5.41) is 11.8.